The highest BCUT2D eigenvalue weighted by Crippen LogP contribution is 2.22. The van der Waals surface area contributed by atoms with Crippen molar-refractivity contribution in [3.05, 3.63) is 23.0 Å². The molecule has 0 fully saturated rings. The molecule has 0 spiro atoms. The van der Waals surface area contributed by atoms with Crippen molar-refractivity contribution in [2.75, 3.05) is 6.61 Å². The van der Waals surface area contributed by atoms with E-state index >= 15 is 0 Å². The summed E-state index contributed by atoms with van der Waals surface area (Å²) in [6, 6.07) is 1.84. The van der Waals surface area contributed by atoms with Crippen LogP contribution in [0.4, 0.5) is 13.2 Å². The highest BCUT2D eigenvalue weighted by molar-refractivity contribution is 7.90. The number of nitrogens with zero attached hydrogens (tertiary/aromatic N) is 2. The molecule has 0 radical (unpaired) electrons. The molecular formula is C10H9ClF3N3O3S. The van der Waals surface area contributed by atoms with E-state index in [2.05, 4.69) is 4.98 Å². The zero-order chi connectivity index (χ0) is 16.3. The Bertz CT molecular complexity index is 658. The second-order valence-electron chi connectivity index (χ2n) is 3.90. The highest BCUT2D eigenvalue weighted by Gasteiger charge is 2.46. The first-order valence-corrected chi connectivity index (χ1v) is 7.20. The van der Waals surface area contributed by atoms with E-state index in [1.807, 2.05) is 0 Å². The number of hydrogen-bond acceptors (Lipinski definition) is 5. The molecular weight excluding hydrogens is 335 g/mol. The van der Waals surface area contributed by atoms with Crippen LogP contribution in [0.15, 0.2) is 12.3 Å². The molecule has 1 heterocycles. The number of ether oxygens (including phenoxy) is 1. The molecule has 0 bridgehead atoms. The summed E-state index contributed by atoms with van der Waals surface area (Å²) in [6.45, 7) is 0.807. The Morgan fingerprint density at radius 2 is 2.19 bits per heavy atom. The zero-order valence-electron chi connectivity index (χ0n) is 10.5. The van der Waals surface area contributed by atoms with Crippen LogP contribution in [0.25, 0.3) is 0 Å². The zero-order valence-corrected chi connectivity index (χ0v) is 12.1. The first-order valence-electron chi connectivity index (χ1n) is 5.34. The number of sulfonamides is 1. The van der Waals surface area contributed by atoms with E-state index in [4.69, 9.17) is 21.6 Å². The van der Waals surface area contributed by atoms with E-state index in [9.17, 15) is 21.6 Å². The predicted molar refractivity (Wildman–Crippen MR) is 67.0 cm³/mol. The van der Waals surface area contributed by atoms with Gasteiger partial charge < -0.3 is 4.74 Å². The second kappa shape index (κ2) is 6.46. The minimum absolute atomic E-state index is 0.0256. The number of nitriles is 1. The number of alkyl halides is 3. The van der Waals surface area contributed by atoms with Crippen molar-refractivity contribution in [1.82, 2.24) is 9.71 Å². The number of pyridine rings is 1. The largest absolute Gasteiger partial charge is 0.511 e. The van der Waals surface area contributed by atoms with Gasteiger partial charge in [-0.3, -0.25) is 0 Å². The van der Waals surface area contributed by atoms with Crippen LogP contribution in [0.1, 0.15) is 12.5 Å². The number of nitrogens with one attached hydrogen (secondary N) is 1. The summed E-state index contributed by atoms with van der Waals surface area (Å²) in [6.07, 6.45) is 1.16. The van der Waals surface area contributed by atoms with Crippen molar-refractivity contribution in [2.24, 2.45) is 0 Å². The van der Waals surface area contributed by atoms with E-state index in [-0.39, 0.29) is 23.1 Å². The molecule has 0 saturated heterocycles. The molecule has 1 rings (SSSR count). The fourth-order valence-electron chi connectivity index (χ4n) is 1.17. The lowest BCUT2D eigenvalue weighted by Gasteiger charge is -2.16. The van der Waals surface area contributed by atoms with Crippen LogP contribution in [0.5, 0.6) is 5.75 Å². The van der Waals surface area contributed by atoms with Crippen molar-refractivity contribution >= 4 is 21.6 Å². The molecule has 0 aromatic carbocycles. The summed E-state index contributed by atoms with van der Waals surface area (Å²) in [5, 5.41) is 8.67. The normalized spacial score (nSPS) is 13.5. The third-order valence-electron chi connectivity index (χ3n) is 2.10. The fraction of sp³-hybridized carbons (Fsp3) is 0.400. The Morgan fingerprint density at radius 1 is 1.57 bits per heavy atom. The van der Waals surface area contributed by atoms with Crippen LogP contribution < -0.4 is 9.46 Å². The van der Waals surface area contributed by atoms with Crippen LogP contribution >= 0.6 is 11.6 Å². The van der Waals surface area contributed by atoms with Gasteiger partial charge in [0.1, 0.15) is 23.6 Å². The molecule has 0 aliphatic carbocycles. The molecule has 0 amide bonds. The van der Waals surface area contributed by atoms with Gasteiger partial charge >= 0.3 is 15.5 Å². The van der Waals surface area contributed by atoms with E-state index in [0.717, 1.165) is 6.20 Å². The minimum Gasteiger partial charge on any atom is -0.490 e. The SMILES string of the molecule is C[C@@H](COc1cnc(Cl)c(C#N)c1)NS(=O)(=O)C(F)(F)F. The number of hydrogen-bond donors (Lipinski definition) is 1. The van der Waals surface area contributed by atoms with Gasteiger partial charge in [0.2, 0.25) is 0 Å². The topological polar surface area (TPSA) is 92.1 Å². The van der Waals surface area contributed by atoms with Gasteiger partial charge in [-0.15, -0.1) is 0 Å². The summed E-state index contributed by atoms with van der Waals surface area (Å²) < 4.78 is 64.6. The van der Waals surface area contributed by atoms with E-state index in [1.165, 1.54) is 17.7 Å². The van der Waals surface area contributed by atoms with E-state index in [0.29, 0.717) is 0 Å². The fourth-order valence-corrected chi connectivity index (χ4v) is 2.05. The molecule has 0 unspecified atom stereocenters. The minimum atomic E-state index is -5.44. The molecule has 21 heavy (non-hydrogen) atoms. The monoisotopic (exact) mass is 343 g/mol. The van der Waals surface area contributed by atoms with Gasteiger partial charge in [0.05, 0.1) is 17.8 Å². The summed E-state index contributed by atoms with van der Waals surface area (Å²) in [4.78, 5) is 3.64. The third-order valence-corrected chi connectivity index (χ3v) is 3.72. The van der Waals surface area contributed by atoms with Crippen molar-refractivity contribution < 1.29 is 26.3 Å². The third kappa shape index (κ3) is 4.73. The smallest absolute Gasteiger partial charge is 0.490 e. The molecule has 0 aliphatic heterocycles. The lowest BCUT2D eigenvalue weighted by Crippen LogP contribution is -2.43. The Kier molecular flexibility index (Phi) is 5.38. The molecule has 1 aromatic heterocycles. The number of aromatic nitrogens is 1. The predicted octanol–water partition coefficient (Wildman–Crippen LogP) is 1.81. The lowest BCUT2D eigenvalue weighted by atomic mass is 10.3. The van der Waals surface area contributed by atoms with Crippen LogP contribution in [0.2, 0.25) is 5.15 Å². The van der Waals surface area contributed by atoms with Crippen molar-refractivity contribution in [3.63, 3.8) is 0 Å². The maximum absolute atomic E-state index is 12.1. The van der Waals surface area contributed by atoms with Gasteiger partial charge in [0.15, 0.2) is 0 Å². The van der Waals surface area contributed by atoms with E-state index in [1.54, 1.807) is 6.07 Å². The van der Waals surface area contributed by atoms with Gasteiger partial charge in [-0.05, 0) is 6.92 Å². The van der Waals surface area contributed by atoms with Crippen molar-refractivity contribution in [2.45, 2.75) is 18.5 Å². The highest BCUT2D eigenvalue weighted by atomic mass is 35.5. The van der Waals surface area contributed by atoms with Crippen LogP contribution in [0.3, 0.4) is 0 Å². The Labute approximate surface area is 123 Å². The average Bonchev–Trinajstić information content (AvgIpc) is 2.36. The van der Waals surface area contributed by atoms with Gasteiger partial charge in [-0.2, -0.15) is 18.4 Å². The quantitative estimate of drug-likeness (QED) is 0.823. The van der Waals surface area contributed by atoms with Gasteiger partial charge in [-0.25, -0.2) is 18.1 Å². The lowest BCUT2D eigenvalue weighted by molar-refractivity contribution is -0.0451. The van der Waals surface area contributed by atoms with Crippen LogP contribution in [-0.2, 0) is 10.0 Å². The van der Waals surface area contributed by atoms with Gasteiger partial charge in [0, 0.05) is 6.07 Å². The van der Waals surface area contributed by atoms with Crippen molar-refractivity contribution in [3.8, 4) is 11.8 Å². The molecule has 11 heteroatoms. The molecule has 116 valence electrons. The van der Waals surface area contributed by atoms with Gasteiger partial charge in [0.25, 0.3) is 0 Å². The Balaban J connectivity index is 2.66. The first kappa shape index (κ1) is 17.5. The maximum atomic E-state index is 12.1. The molecule has 1 atom stereocenters. The van der Waals surface area contributed by atoms with Crippen molar-refractivity contribution in [1.29, 1.82) is 5.26 Å². The molecule has 1 aromatic rings. The molecule has 0 aliphatic rings. The second-order valence-corrected chi connectivity index (χ2v) is 5.96. The van der Waals surface area contributed by atoms with Crippen LogP contribution in [0, 0.1) is 11.3 Å². The summed E-state index contributed by atoms with van der Waals surface area (Å²) in [5.74, 6) is 0.0778. The molecule has 6 nitrogen and oxygen atoms in total. The standard InChI is InChI=1S/C10H9ClF3N3O3S/c1-6(17-21(18,19)10(12,13)14)5-20-8-2-7(3-15)9(11)16-4-8/h2,4,6,17H,5H2,1H3/t6-/m0/s1. The Hall–Kier alpha value is -1.57. The summed E-state index contributed by atoms with van der Waals surface area (Å²) in [5.41, 5.74) is -5.37. The first-order chi connectivity index (χ1) is 9.56. The van der Waals surface area contributed by atoms with Gasteiger partial charge in [-0.1, -0.05) is 11.6 Å². The van der Waals surface area contributed by atoms with E-state index < -0.39 is 21.6 Å². The average molecular weight is 344 g/mol. The number of rotatable bonds is 5. The summed E-state index contributed by atoms with van der Waals surface area (Å²) in [7, 11) is -5.44. The summed E-state index contributed by atoms with van der Waals surface area (Å²) >= 11 is 5.59. The maximum Gasteiger partial charge on any atom is 0.511 e. The molecule has 1 N–H and O–H groups in total. The number of halogens is 4. The Morgan fingerprint density at radius 3 is 2.71 bits per heavy atom. The van der Waals surface area contributed by atoms with Crippen LogP contribution in [-0.4, -0.2) is 31.6 Å². The molecule has 0 saturated carbocycles.